The van der Waals surface area contributed by atoms with Crippen molar-refractivity contribution in [3.63, 3.8) is 0 Å². The van der Waals surface area contributed by atoms with Crippen molar-refractivity contribution in [2.45, 2.75) is 6.92 Å². The first-order chi connectivity index (χ1) is 13.9. The lowest BCUT2D eigenvalue weighted by molar-refractivity contribution is -0.139. The third-order valence-electron chi connectivity index (χ3n) is 3.87. The van der Waals surface area contributed by atoms with Crippen LogP contribution in [0.1, 0.15) is 22.8 Å². The van der Waals surface area contributed by atoms with E-state index in [9.17, 15) is 9.59 Å². The molecular weight excluding hydrogens is 380 g/mol. The van der Waals surface area contributed by atoms with Gasteiger partial charge < -0.3 is 24.1 Å². The van der Waals surface area contributed by atoms with Gasteiger partial charge in [0.15, 0.2) is 18.1 Å². The number of hydrazone groups is 1. The van der Waals surface area contributed by atoms with E-state index in [1.54, 1.807) is 31.2 Å². The van der Waals surface area contributed by atoms with Crippen molar-refractivity contribution in [3.8, 4) is 23.0 Å². The number of carboxylic acids is 1. The zero-order valence-corrected chi connectivity index (χ0v) is 16.5. The predicted molar refractivity (Wildman–Crippen MR) is 105 cm³/mol. The molecule has 2 aromatic carbocycles. The van der Waals surface area contributed by atoms with Gasteiger partial charge in [-0.25, -0.2) is 10.2 Å². The summed E-state index contributed by atoms with van der Waals surface area (Å²) >= 11 is 0. The first-order valence-electron chi connectivity index (χ1n) is 8.49. The second-order valence-corrected chi connectivity index (χ2v) is 5.76. The number of carbonyl (C=O) groups is 2. The van der Waals surface area contributed by atoms with Gasteiger partial charge in [-0.15, -0.1) is 0 Å². The van der Waals surface area contributed by atoms with E-state index in [0.29, 0.717) is 34.3 Å². The van der Waals surface area contributed by atoms with Crippen LogP contribution in [-0.2, 0) is 4.79 Å². The minimum absolute atomic E-state index is 0.273. The molecule has 2 aromatic rings. The topological polar surface area (TPSA) is 116 Å². The van der Waals surface area contributed by atoms with Gasteiger partial charge in [0.25, 0.3) is 5.91 Å². The first-order valence-corrected chi connectivity index (χ1v) is 8.49. The minimum Gasteiger partial charge on any atom is -0.493 e. The van der Waals surface area contributed by atoms with Gasteiger partial charge >= 0.3 is 5.97 Å². The lowest BCUT2D eigenvalue weighted by atomic mass is 10.1. The van der Waals surface area contributed by atoms with Crippen LogP contribution < -0.4 is 24.4 Å². The van der Waals surface area contributed by atoms with Gasteiger partial charge in [0, 0.05) is 11.1 Å². The summed E-state index contributed by atoms with van der Waals surface area (Å²) in [4.78, 5) is 23.1. The number of nitrogens with zero attached hydrogens (tertiary/aromatic N) is 1. The molecule has 0 saturated heterocycles. The van der Waals surface area contributed by atoms with Crippen molar-refractivity contribution in [3.05, 3.63) is 47.5 Å². The Kier molecular flexibility index (Phi) is 7.41. The number of carboxylic acid groups (broad SMARTS) is 1. The van der Waals surface area contributed by atoms with Crippen molar-refractivity contribution in [1.29, 1.82) is 0 Å². The van der Waals surface area contributed by atoms with E-state index in [1.165, 1.54) is 33.5 Å². The second kappa shape index (κ2) is 9.98. The Hall–Kier alpha value is -3.75. The molecule has 0 aliphatic carbocycles. The van der Waals surface area contributed by atoms with Crippen LogP contribution in [0, 0.1) is 0 Å². The molecule has 0 saturated carbocycles. The molecule has 0 bridgehead atoms. The number of ether oxygens (including phenoxy) is 4. The lowest BCUT2D eigenvalue weighted by Crippen LogP contribution is -2.19. The maximum Gasteiger partial charge on any atom is 0.341 e. The number of hydrogen-bond donors (Lipinski definition) is 2. The van der Waals surface area contributed by atoms with E-state index in [4.69, 9.17) is 24.1 Å². The lowest BCUT2D eigenvalue weighted by Gasteiger charge is -2.13. The fourth-order valence-corrected chi connectivity index (χ4v) is 2.43. The SMILES string of the molecule is COc1cc(C(=O)N/N=C(/C)c2cccc(OCC(=O)O)c2)cc(OC)c1OC. The van der Waals surface area contributed by atoms with Crippen LogP contribution in [0.3, 0.4) is 0 Å². The van der Waals surface area contributed by atoms with Gasteiger partial charge in [-0.05, 0) is 31.2 Å². The molecule has 0 fully saturated rings. The van der Waals surface area contributed by atoms with Crippen LogP contribution in [0.25, 0.3) is 0 Å². The third kappa shape index (κ3) is 5.61. The molecule has 154 valence electrons. The summed E-state index contributed by atoms with van der Waals surface area (Å²) in [6.45, 7) is 1.25. The summed E-state index contributed by atoms with van der Waals surface area (Å²) in [6.07, 6.45) is 0. The highest BCUT2D eigenvalue weighted by Gasteiger charge is 2.17. The van der Waals surface area contributed by atoms with Crippen molar-refractivity contribution < 1.29 is 33.6 Å². The number of benzene rings is 2. The Morgan fingerprint density at radius 1 is 1.00 bits per heavy atom. The molecule has 0 atom stereocenters. The zero-order chi connectivity index (χ0) is 21.4. The Morgan fingerprint density at radius 2 is 1.66 bits per heavy atom. The molecule has 0 aliphatic heterocycles. The smallest absolute Gasteiger partial charge is 0.341 e. The van der Waals surface area contributed by atoms with Crippen molar-refractivity contribution in [1.82, 2.24) is 5.43 Å². The third-order valence-corrected chi connectivity index (χ3v) is 3.87. The summed E-state index contributed by atoms with van der Waals surface area (Å²) in [5.41, 5.74) is 3.91. The molecular formula is C20H22N2O7. The molecule has 0 unspecified atom stereocenters. The molecule has 0 aromatic heterocycles. The molecule has 0 spiro atoms. The van der Waals surface area contributed by atoms with E-state index in [1.807, 2.05) is 0 Å². The Morgan fingerprint density at radius 3 is 2.21 bits per heavy atom. The molecule has 2 rings (SSSR count). The summed E-state index contributed by atoms with van der Waals surface area (Å²) in [7, 11) is 4.39. The van der Waals surface area contributed by atoms with Gasteiger partial charge in [-0.2, -0.15) is 5.10 Å². The zero-order valence-electron chi connectivity index (χ0n) is 16.5. The highest BCUT2D eigenvalue weighted by molar-refractivity contribution is 6.01. The number of methoxy groups -OCH3 is 3. The Balaban J connectivity index is 2.18. The largest absolute Gasteiger partial charge is 0.493 e. The summed E-state index contributed by atoms with van der Waals surface area (Å²) in [6, 6.07) is 9.76. The van der Waals surface area contributed by atoms with Crippen LogP contribution >= 0.6 is 0 Å². The first kappa shape index (κ1) is 21.5. The van der Waals surface area contributed by atoms with Gasteiger partial charge in [0.2, 0.25) is 5.75 Å². The molecule has 0 radical (unpaired) electrons. The van der Waals surface area contributed by atoms with Gasteiger partial charge in [0.1, 0.15) is 5.75 Å². The summed E-state index contributed by atoms with van der Waals surface area (Å²) < 4.78 is 20.9. The summed E-state index contributed by atoms with van der Waals surface area (Å²) in [5.74, 6) is -0.0814. The number of amides is 1. The molecule has 0 aliphatic rings. The average molecular weight is 402 g/mol. The Labute approximate surface area is 167 Å². The molecule has 29 heavy (non-hydrogen) atoms. The van der Waals surface area contributed by atoms with E-state index in [0.717, 1.165) is 0 Å². The summed E-state index contributed by atoms with van der Waals surface area (Å²) in [5, 5.41) is 12.8. The molecule has 1 amide bonds. The fourth-order valence-electron chi connectivity index (χ4n) is 2.43. The van der Waals surface area contributed by atoms with Crippen LogP contribution in [0.15, 0.2) is 41.5 Å². The fraction of sp³-hybridized carbons (Fsp3) is 0.250. The van der Waals surface area contributed by atoms with Crippen molar-refractivity contribution >= 4 is 17.6 Å². The maximum atomic E-state index is 12.5. The van der Waals surface area contributed by atoms with Crippen LogP contribution in [0.5, 0.6) is 23.0 Å². The quantitative estimate of drug-likeness (QED) is 0.488. The van der Waals surface area contributed by atoms with Crippen molar-refractivity contribution in [2.75, 3.05) is 27.9 Å². The molecule has 9 nitrogen and oxygen atoms in total. The van der Waals surface area contributed by atoms with Crippen LogP contribution in [0.2, 0.25) is 0 Å². The molecule has 2 N–H and O–H groups in total. The second-order valence-electron chi connectivity index (χ2n) is 5.76. The van der Waals surface area contributed by atoms with E-state index in [2.05, 4.69) is 10.5 Å². The van der Waals surface area contributed by atoms with Crippen molar-refractivity contribution in [2.24, 2.45) is 5.10 Å². The predicted octanol–water partition coefficient (Wildman–Crippen LogP) is 2.33. The van der Waals surface area contributed by atoms with Gasteiger partial charge in [-0.3, -0.25) is 4.79 Å². The Bertz CT molecular complexity index is 900. The monoisotopic (exact) mass is 402 g/mol. The molecule has 9 heteroatoms. The van der Waals surface area contributed by atoms with E-state index < -0.39 is 18.5 Å². The highest BCUT2D eigenvalue weighted by atomic mass is 16.5. The molecule has 0 heterocycles. The van der Waals surface area contributed by atoms with E-state index >= 15 is 0 Å². The number of carbonyl (C=O) groups excluding carboxylic acids is 1. The van der Waals surface area contributed by atoms with Gasteiger partial charge in [0.05, 0.1) is 27.0 Å². The average Bonchev–Trinajstić information content (AvgIpc) is 2.74. The highest BCUT2D eigenvalue weighted by Crippen LogP contribution is 2.38. The number of aliphatic carboxylic acids is 1. The van der Waals surface area contributed by atoms with Crippen LogP contribution in [0.4, 0.5) is 0 Å². The van der Waals surface area contributed by atoms with E-state index in [-0.39, 0.29) is 5.56 Å². The minimum atomic E-state index is -1.07. The number of nitrogens with one attached hydrogen (secondary N) is 1. The normalized spacial score (nSPS) is 10.8. The number of rotatable bonds is 9. The number of hydrogen-bond acceptors (Lipinski definition) is 7. The van der Waals surface area contributed by atoms with Crippen LogP contribution in [-0.4, -0.2) is 50.6 Å². The standard InChI is InChI=1S/C20H22N2O7/c1-12(13-6-5-7-15(8-13)29-11-18(23)24)21-22-20(25)14-9-16(26-2)19(28-4)17(10-14)27-3/h5-10H,11H2,1-4H3,(H,22,25)(H,23,24)/b21-12-. The maximum absolute atomic E-state index is 12.5. The van der Waals surface area contributed by atoms with Gasteiger partial charge in [-0.1, -0.05) is 12.1 Å².